The van der Waals surface area contributed by atoms with Crippen molar-refractivity contribution in [3.63, 3.8) is 0 Å². The number of methoxy groups -OCH3 is 1. The maximum atomic E-state index is 13.9. The summed E-state index contributed by atoms with van der Waals surface area (Å²) in [7, 11) is 0.854. The number of nitriles is 1. The van der Waals surface area contributed by atoms with Gasteiger partial charge in [-0.15, -0.1) is 0 Å². The summed E-state index contributed by atoms with van der Waals surface area (Å²) in [5.41, 5.74) is -6.62. The second-order valence-electron chi connectivity index (χ2n) is 7.95. The Morgan fingerprint density at radius 2 is 1.56 bits per heavy atom. The molecule has 16 heteroatoms. The van der Waals surface area contributed by atoms with E-state index in [1.807, 2.05) is 5.32 Å². The van der Waals surface area contributed by atoms with Crippen molar-refractivity contribution >= 4 is 40.6 Å². The van der Waals surface area contributed by atoms with Crippen LogP contribution in [0.3, 0.4) is 0 Å². The molecule has 2 amide bonds. The highest BCUT2D eigenvalue weighted by molar-refractivity contribution is 6.35. The maximum Gasteiger partial charge on any atom is 0.471 e. The Kier molecular flexibility index (Phi) is 8.58. The molecule has 3 aromatic rings. The second-order valence-corrected chi connectivity index (χ2v) is 8.36. The van der Waals surface area contributed by atoms with Crippen molar-refractivity contribution in [2.24, 2.45) is 0 Å². The fraction of sp³-hybridized carbons (Fsp3) is 0.120. The van der Waals surface area contributed by atoms with Gasteiger partial charge in [0.15, 0.2) is 11.5 Å². The third-order valence-electron chi connectivity index (χ3n) is 5.24. The van der Waals surface area contributed by atoms with Gasteiger partial charge in [-0.3, -0.25) is 14.4 Å². The Balaban J connectivity index is 2.29. The minimum atomic E-state index is -5.46. The van der Waals surface area contributed by atoms with Gasteiger partial charge in [0.25, 0.3) is 5.91 Å². The topological polar surface area (TPSA) is 108 Å². The highest BCUT2D eigenvalue weighted by Crippen LogP contribution is 2.40. The minimum absolute atomic E-state index is 0.0869. The van der Waals surface area contributed by atoms with Gasteiger partial charge in [0.05, 0.1) is 34.6 Å². The molecule has 0 bridgehead atoms. The molecule has 0 radical (unpaired) electrons. The van der Waals surface area contributed by atoms with Crippen molar-refractivity contribution < 1.29 is 54.2 Å². The Morgan fingerprint density at radius 3 is 2.12 bits per heavy atom. The highest BCUT2D eigenvalue weighted by Gasteiger charge is 2.40. The summed E-state index contributed by atoms with van der Waals surface area (Å²) in [6.45, 7) is 0. The van der Waals surface area contributed by atoms with Gasteiger partial charge in [0, 0.05) is 11.1 Å². The van der Waals surface area contributed by atoms with Crippen LogP contribution < -0.4 is 15.4 Å². The van der Waals surface area contributed by atoms with Crippen LogP contribution in [0.1, 0.15) is 37.4 Å². The van der Waals surface area contributed by atoms with E-state index in [1.165, 1.54) is 11.4 Å². The van der Waals surface area contributed by atoms with Crippen LogP contribution in [0, 0.1) is 23.0 Å². The number of hydrogen-bond acceptors (Lipinski definition) is 5. The summed E-state index contributed by atoms with van der Waals surface area (Å²) >= 11 is 5.97. The zero-order valence-electron chi connectivity index (χ0n) is 20.0. The van der Waals surface area contributed by atoms with E-state index in [0.717, 1.165) is 19.2 Å². The lowest BCUT2D eigenvalue weighted by Crippen LogP contribution is -2.30. The smallest absolute Gasteiger partial charge is 0.471 e. The molecule has 2 N–H and O–H groups in total. The zero-order valence-corrected chi connectivity index (χ0v) is 20.8. The average molecular weight is 606 g/mol. The Bertz CT molecular complexity index is 1610. The molecular formula is C25H12ClF8N3O4. The summed E-state index contributed by atoms with van der Waals surface area (Å²) in [4.78, 5) is 38.0. The van der Waals surface area contributed by atoms with Crippen molar-refractivity contribution in [3.8, 4) is 11.8 Å². The number of ether oxygens (including phenoxy) is 1. The molecule has 214 valence electrons. The van der Waals surface area contributed by atoms with Crippen molar-refractivity contribution in [1.82, 2.24) is 0 Å². The number of hydrogen-bond donors (Lipinski definition) is 2. The maximum absolute atomic E-state index is 13.9. The molecule has 0 fully saturated rings. The van der Waals surface area contributed by atoms with Gasteiger partial charge in [-0.25, -0.2) is 8.78 Å². The molecular weight excluding hydrogens is 594 g/mol. The molecule has 0 saturated carbocycles. The Labute approximate surface area is 229 Å². The van der Waals surface area contributed by atoms with Crippen LogP contribution in [0.4, 0.5) is 46.5 Å². The summed E-state index contributed by atoms with van der Waals surface area (Å²) in [5.74, 6) is -8.64. The van der Waals surface area contributed by atoms with Crippen LogP contribution >= 0.6 is 11.6 Å². The summed E-state index contributed by atoms with van der Waals surface area (Å²) in [6, 6.07) is 5.17. The number of amides is 2. The van der Waals surface area contributed by atoms with E-state index in [0.29, 0.717) is 18.2 Å². The number of carbonyl (C=O) groups excluding carboxylic acids is 3. The van der Waals surface area contributed by atoms with E-state index in [-0.39, 0.29) is 17.2 Å². The first kappa shape index (κ1) is 30.8. The number of nitrogens with one attached hydrogen (secondary N) is 2. The van der Waals surface area contributed by atoms with E-state index in [2.05, 4.69) is 0 Å². The number of alkyl halides is 6. The molecule has 0 atom stereocenters. The molecule has 0 spiro atoms. The summed E-state index contributed by atoms with van der Waals surface area (Å²) in [6.07, 6.45) is -10.5. The van der Waals surface area contributed by atoms with Gasteiger partial charge >= 0.3 is 18.3 Å². The van der Waals surface area contributed by atoms with Crippen LogP contribution in [0.5, 0.6) is 5.75 Å². The molecule has 7 nitrogen and oxygen atoms in total. The van der Waals surface area contributed by atoms with E-state index >= 15 is 0 Å². The molecule has 0 aromatic heterocycles. The predicted octanol–water partition coefficient (Wildman–Crippen LogP) is 6.50. The first-order valence-corrected chi connectivity index (χ1v) is 11.1. The van der Waals surface area contributed by atoms with Crippen molar-refractivity contribution in [2.45, 2.75) is 12.4 Å². The minimum Gasteiger partial charge on any atom is -0.493 e. The normalized spacial score (nSPS) is 11.4. The van der Waals surface area contributed by atoms with Crippen LogP contribution in [0.2, 0.25) is 5.02 Å². The fourth-order valence-corrected chi connectivity index (χ4v) is 3.69. The standard InChI is InChI=1S/C25H12ClF8N3O4/c1-41-21-15(9-35)19(20(38)14-7-12(27)2-3-16(14)26)17(8-18(21)37-23(40)25(32,33)34)36-22(39)10-4-11(24(29,30)31)6-13(28)5-10/h2-8H,1H3,(H,36,39)(H,37,40). The SMILES string of the molecule is COc1c(NC(=O)C(F)(F)F)cc(NC(=O)c2cc(F)cc(C(F)(F)F)c2)c(C(=O)c2cc(F)ccc2Cl)c1C#N. The van der Waals surface area contributed by atoms with Crippen molar-refractivity contribution in [3.05, 3.63) is 86.9 Å². The lowest BCUT2D eigenvalue weighted by atomic mass is 9.94. The van der Waals surface area contributed by atoms with Crippen LogP contribution in [-0.2, 0) is 11.0 Å². The first-order chi connectivity index (χ1) is 19.0. The van der Waals surface area contributed by atoms with Crippen LogP contribution in [0.15, 0.2) is 42.5 Å². The lowest BCUT2D eigenvalue weighted by Gasteiger charge is -2.19. The number of rotatable bonds is 6. The monoisotopic (exact) mass is 605 g/mol. The quantitative estimate of drug-likeness (QED) is 0.246. The van der Waals surface area contributed by atoms with Crippen LogP contribution in [0.25, 0.3) is 0 Å². The second kappa shape index (κ2) is 11.4. The van der Waals surface area contributed by atoms with Gasteiger partial charge in [-0.2, -0.15) is 31.6 Å². The Morgan fingerprint density at radius 1 is 0.902 bits per heavy atom. The van der Waals surface area contributed by atoms with Gasteiger partial charge in [0.2, 0.25) is 0 Å². The number of ketones is 1. The van der Waals surface area contributed by atoms with E-state index in [1.54, 1.807) is 0 Å². The third-order valence-corrected chi connectivity index (χ3v) is 5.57. The van der Waals surface area contributed by atoms with Crippen molar-refractivity contribution in [2.75, 3.05) is 17.7 Å². The summed E-state index contributed by atoms with van der Waals surface area (Å²) < 4.78 is 111. The number of nitrogens with zero attached hydrogens (tertiary/aromatic N) is 1. The molecule has 3 aromatic carbocycles. The van der Waals surface area contributed by atoms with Crippen LogP contribution in [-0.4, -0.2) is 30.9 Å². The molecule has 0 saturated heterocycles. The van der Waals surface area contributed by atoms with Gasteiger partial charge in [0.1, 0.15) is 23.3 Å². The number of halogens is 9. The summed E-state index contributed by atoms with van der Waals surface area (Å²) in [5, 5.41) is 12.7. The largest absolute Gasteiger partial charge is 0.493 e. The molecule has 3 rings (SSSR count). The van der Waals surface area contributed by atoms with Crippen molar-refractivity contribution in [1.29, 1.82) is 5.26 Å². The zero-order chi connectivity index (χ0) is 30.9. The highest BCUT2D eigenvalue weighted by atomic mass is 35.5. The fourth-order valence-electron chi connectivity index (χ4n) is 3.49. The molecule has 0 aliphatic rings. The van der Waals surface area contributed by atoms with E-state index < -0.39 is 86.5 Å². The number of carbonyl (C=O) groups is 3. The molecule has 0 aliphatic carbocycles. The predicted molar refractivity (Wildman–Crippen MR) is 127 cm³/mol. The lowest BCUT2D eigenvalue weighted by molar-refractivity contribution is -0.167. The first-order valence-electron chi connectivity index (χ1n) is 10.7. The van der Waals surface area contributed by atoms with E-state index in [9.17, 15) is 54.8 Å². The molecule has 41 heavy (non-hydrogen) atoms. The third kappa shape index (κ3) is 6.72. The average Bonchev–Trinajstić information content (AvgIpc) is 2.87. The van der Waals surface area contributed by atoms with E-state index in [4.69, 9.17) is 16.3 Å². The number of benzene rings is 3. The molecule has 0 heterocycles. The van der Waals surface area contributed by atoms with Gasteiger partial charge < -0.3 is 15.4 Å². The Hall–Kier alpha value is -4.71. The van der Waals surface area contributed by atoms with Gasteiger partial charge in [-0.1, -0.05) is 11.6 Å². The van der Waals surface area contributed by atoms with Gasteiger partial charge in [-0.05, 0) is 42.5 Å². The molecule has 0 aliphatic heterocycles. The number of anilines is 2. The molecule has 0 unspecified atom stereocenters.